The zero-order valence-corrected chi connectivity index (χ0v) is 11.3. The van der Waals surface area contributed by atoms with Gasteiger partial charge < -0.3 is 0 Å². The van der Waals surface area contributed by atoms with Crippen LogP contribution < -0.4 is 0 Å². The summed E-state index contributed by atoms with van der Waals surface area (Å²) in [5, 5.41) is 0. The van der Waals surface area contributed by atoms with Gasteiger partial charge in [0.2, 0.25) is 0 Å². The molecule has 15 heavy (non-hydrogen) atoms. The fourth-order valence-electron chi connectivity index (χ4n) is 3.07. The Kier molecular flexibility index (Phi) is 3.65. The molecule has 1 saturated heterocycles. The Balaban J connectivity index is 2.75. The molecule has 0 aliphatic carbocycles. The maximum atomic E-state index is 2.55. The van der Waals surface area contributed by atoms with Crippen LogP contribution in [0.3, 0.4) is 0 Å². The maximum absolute atomic E-state index is 2.55. The smallest absolute Gasteiger partial charge is 0.0158 e. The predicted octanol–water partition coefficient (Wildman–Crippen LogP) is 3.85. The van der Waals surface area contributed by atoms with Crippen molar-refractivity contribution < 1.29 is 0 Å². The first-order chi connectivity index (χ1) is 6.79. The largest absolute Gasteiger partial charge is 0.296 e. The van der Waals surface area contributed by atoms with E-state index >= 15 is 0 Å². The Morgan fingerprint density at radius 3 is 2.00 bits per heavy atom. The van der Waals surface area contributed by atoms with Crippen LogP contribution in [0.5, 0.6) is 0 Å². The second-order valence-electron chi connectivity index (χ2n) is 6.26. The molecular formula is C14H27N. The lowest BCUT2D eigenvalue weighted by Gasteiger charge is -2.53. The molecular weight excluding hydrogens is 182 g/mol. The predicted molar refractivity (Wildman–Crippen MR) is 68.1 cm³/mol. The van der Waals surface area contributed by atoms with Crippen LogP contribution in [0.2, 0.25) is 0 Å². The summed E-state index contributed by atoms with van der Waals surface area (Å²) < 4.78 is 0. The third kappa shape index (κ3) is 2.84. The fourth-order valence-corrected chi connectivity index (χ4v) is 3.07. The molecule has 0 aromatic heterocycles. The molecule has 0 bridgehead atoms. The van der Waals surface area contributed by atoms with Gasteiger partial charge in [-0.2, -0.15) is 0 Å². The molecule has 0 saturated carbocycles. The Morgan fingerprint density at radius 2 is 1.60 bits per heavy atom. The summed E-state index contributed by atoms with van der Waals surface area (Å²) in [6.45, 7) is 11.6. The highest BCUT2D eigenvalue weighted by atomic mass is 15.2. The van der Waals surface area contributed by atoms with E-state index in [0.717, 1.165) is 5.92 Å². The molecule has 1 heterocycles. The SMILES string of the molecule is C/C=C/CC1CC(C)(C)N(C)C(C)(C)C1. The van der Waals surface area contributed by atoms with E-state index in [0.29, 0.717) is 11.1 Å². The van der Waals surface area contributed by atoms with E-state index in [4.69, 9.17) is 0 Å². The van der Waals surface area contributed by atoms with Crippen molar-refractivity contribution in [3.05, 3.63) is 12.2 Å². The van der Waals surface area contributed by atoms with Crippen molar-refractivity contribution in [2.45, 2.75) is 65.0 Å². The molecule has 0 N–H and O–H groups in total. The van der Waals surface area contributed by atoms with E-state index in [1.165, 1.54) is 19.3 Å². The summed E-state index contributed by atoms with van der Waals surface area (Å²) in [4.78, 5) is 2.55. The van der Waals surface area contributed by atoms with Crippen LogP contribution in [0.25, 0.3) is 0 Å². The van der Waals surface area contributed by atoms with Gasteiger partial charge in [0.25, 0.3) is 0 Å². The van der Waals surface area contributed by atoms with Gasteiger partial charge in [-0.15, -0.1) is 0 Å². The van der Waals surface area contributed by atoms with E-state index in [9.17, 15) is 0 Å². The second kappa shape index (κ2) is 4.29. The highest BCUT2D eigenvalue weighted by Crippen LogP contribution is 2.41. The Hall–Kier alpha value is -0.300. The van der Waals surface area contributed by atoms with E-state index in [2.05, 4.69) is 58.7 Å². The van der Waals surface area contributed by atoms with E-state index < -0.39 is 0 Å². The highest BCUT2D eigenvalue weighted by molar-refractivity contribution is 4.99. The lowest BCUT2D eigenvalue weighted by molar-refractivity contribution is -0.0291. The Morgan fingerprint density at radius 1 is 1.13 bits per heavy atom. The van der Waals surface area contributed by atoms with Crippen molar-refractivity contribution in [2.24, 2.45) is 5.92 Å². The van der Waals surface area contributed by atoms with Gasteiger partial charge in [-0.05, 0) is 66.8 Å². The van der Waals surface area contributed by atoms with E-state index in [-0.39, 0.29) is 0 Å². The van der Waals surface area contributed by atoms with Gasteiger partial charge in [0.1, 0.15) is 0 Å². The molecule has 1 heteroatoms. The lowest BCUT2D eigenvalue weighted by atomic mass is 9.73. The third-order valence-corrected chi connectivity index (χ3v) is 4.10. The summed E-state index contributed by atoms with van der Waals surface area (Å²) in [7, 11) is 2.27. The molecule has 1 aliphatic heterocycles. The first-order valence-electron chi connectivity index (χ1n) is 6.15. The number of likely N-dealkylation sites (tertiary alicyclic amines) is 1. The molecule has 0 radical (unpaired) electrons. The zero-order valence-electron chi connectivity index (χ0n) is 11.3. The molecule has 0 amide bonds. The standard InChI is InChI=1S/C14H27N/c1-7-8-9-12-10-13(2,3)15(6)14(4,5)11-12/h7-8,12H,9-11H2,1-6H3/b8-7+. The first-order valence-corrected chi connectivity index (χ1v) is 6.15. The minimum absolute atomic E-state index is 0.341. The molecule has 0 aromatic rings. The Labute approximate surface area is 95.5 Å². The molecule has 1 rings (SSSR count). The van der Waals surface area contributed by atoms with Crippen LogP contribution in [0, 0.1) is 5.92 Å². The van der Waals surface area contributed by atoms with Crippen molar-refractivity contribution in [1.29, 1.82) is 0 Å². The average Bonchev–Trinajstić information content (AvgIpc) is 2.10. The summed E-state index contributed by atoms with van der Waals surface area (Å²) in [5.74, 6) is 0.849. The molecule has 88 valence electrons. The number of hydrogen-bond acceptors (Lipinski definition) is 1. The molecule has 0 unspecified atom stereocenters. The normalized spacial score (nSPS) is 27.3. The number of allylic oxidation sites excluding steroid dienone is 2. The van der Waals surface area contributed by atoms with Crippen molar-refractivity contribution in [3.8, 4) is 0 Å². The third-order valence-electron chi connectivity index (χ3n) is 4.10. The summed E-state index contributed by atoms with van der Waals surface area (Å²) in [6.07, 6.45) is 8.38. The molecule has 0 aromatic carbocycles. The summed E-state index contributed by atoms with van der Waals surface area (Å²) in [5.41, 5.74) is 0.683. The molecule has 1 nitrogen and oxygen atoms in total. The lowest BCUT2D eigenvalue weighted by Crippen LogP contribution is -2.58. The monoisotopic (exact) mass is 209 g/mol. The van der Waals surface area contributed by atoms with Crippen LogP contribution in [-0.2, 0) is 0 Å². The topological polar surface area (TPSA) is 3.24 Å². The maximum Gasteiger partial charge on any atom is 0.0158 e. The van der Waals surface area contributed by atoms with Gasteiger partial charge in [-0.25, -0.2) is 0 Å². The van der Waals surface area contributed by atoms with Crippen molar-refractivity contribution in [1.82, 2.24) is 4.90 Å². The van der Waals surface area contributed by atoms with Gasteiger partial charge in [0.15, 0.2) is 0 Å². The van der Waals surface area contributed by atoms with Gasteiger partial charge in [-0.3, -0.25) is 4.90 Å². The quantitative estimate of drug-likeness (QED) is 0.624. The van der Waals surface area contributed by atoms with Crippen molar-refractivity contribution in [2.75, 3.05) is 7.05 Å². The van der Waals surface area contributed by atoms with Crippen LogP contribution in [0.4, 0.5) is 0 Å². The number of hydrogen-bond donors (Lipinski definition) is 0. The van der Waals surface area contributed by atoms with Crippen LogP contribution in [0.15, 0.2) is 12.2 Å². The number of piperidine rings is 1. The first kappa shape index (κ1) is 12.8. The minimum Gasteiger partial charge on any atom is -0.296 e. The second-order valence-corrected chi connectivity index (χ2v) is 6.26. The zero-order chi connectivity index (χ0) is 11.7. The summed E-state index contributed by atoms with van der Waals surface area (Å²) >= 11 is 0. The minimum atomic E-state index is 0.341. The number of nitrogens with zero attached hydrogens (tertiary/aromatic N) is 1. The van der Waals surface area contributed by atoms with Crippen LogP contribution >= 0.6 is 0 Å². The van der Waals surface area contributed by atoms with E-state index in [1.54, 1.807) is 0 Å². The van der Waals surface area contributed by atoms with E-state index in [1.807, 2.05) is 0 Å². The Bertz CT molecular complexity index is 220. The van der Waals surface area contributed by atoms with Gasteiger partial charge in [0, 0.05) is 11.1 Å². The van der Waals surface area contributed by atoms with Gasteiger partial charge in [-0.1, -0.05) is 12.2 Å². The van der Waals surface area contributed by atoms with Crippen LogP contribution in [-0.4, -0.2) is 23.0 Å². The summed E-state index contributed by atoms with van der Waals surface area (Å²) in [6, 6.07) is 0. The fraction of sp³-hybridized carbons (Fsp3) is 0.857. The van der Waals surface area contributed by atoms with Crippen LogP contribution in [0.1, 0.15) is 53.9 Å². The van der Waals surface area contributed by atoms with Crippen molar-refractivity contribution in [3.63, 3.8) is 0 Å². The highest BCUT2D eigenvalue weighted by Gasteiger charge is 2.42. The molecule has 0 atom stereocenters. The van der Waals surface area contributed by atoms with Crippen molar-refractivity contribution >= 4 is 0 Å². The molecule has 0 spiro atoms. The average molecular weight is 209 g/mol. The van der Waals surface area contributed by atoms with Gasteiger partial charge >= 0.3 is 0 Å². The van der Waals surface area contributed by atoms with Gasteiger partial charge in [0.05, 0.1) is 0 Å². The molecule has 1 aliphatic rings. The molecule has 1 fully saturated rings. The number of rotatable bonds is 2.